The van der Waals surface area contributed by atoms with Crippen LogP contribution in [0, 0.1) is 18.7 Å². The van der Waals surface area contributed by atoms with Crippen LogP contribution in [0.4, 0.5) is 10.1 Å². The van der Waals surface area contributed by atoms with Crippen LogP contribution in [0.1, 0.15) is 37.7 Å². The van der Waals surface area contributed by atoms with Crippen molar-refractivity contribution in [1.82, 2.24) is 5.32 Å². The number of aliphatic hydroxyl groups excluding tert-OH is 1. The van der Waals surface area contributed by atoms with Gasteiger partial charge in [-0.2, -0.15) is 0 Å². The van der Waals surface area contributed by atoms with E-state index < -0.39 is 11.7 Å². The van der Waals surface area contributed by atoms with Crippen molar-refractivity contribution in [3.05, 3.63) is 29.6 Å². The molecular weight excluding hydrogens is 311 g/mol. The quantitative estimate of drug-likeness (QED) is 0.887. The molecule has 2 fully saturated rings. The first kappa shape index (κ1) is 16.9. The van der Waals surface area contributed by atoms with Gasteiger partial charge in [-0.05, 0) is 50.3 Å². The zero-order valence-electron chi connectivity index (χ0n) is 13.8. The Labute approximate surface area is 140 Å². The summed E-state index contributed by atoms with van der Waals surface area (Å²) in [5.74, 6) is -1.27. The number of carbonyl (C=O) groups is 2. The first-order chi connectivity index (χ1) is 11.4. The average Bonchev–Trinajstić information content (AvgIpc) is 2.91. The third kappa shape index (κ3) is 3.59. The Kier molecular flexibility index (Phi) is 4.85. The van der Waals surface area contributed by atoms with Crippen molar-refractivity contribution in [2.45, 2.75) is 51.2 Å². The highest BCUT2D eigenvalue weighted by atomic mass is 19.1. The first-order valence-electron chi connectivity index (χ1n) is 8.49. The molecule has 1 unspecified atom stereocenters. The topological polar surface area (TPSA) is 69.6 Å². The molecule has 0 aromatic heterocycles. The minimum atomic E-state index is -0.454. The summed E-state index contributed by atoms with van der Waals surface area (Å²) in [5, 5.41) is 12.5. The molecule has 6 heteroatoms. The molecule has 0 radical (unpaired) electrons. The number of benzene rings is 1. The summed E-state index contributed by atoms with van der Waals surface area (Å²) in [4.78, 5) is 26.0. The normalized spacial score (nSPS) is 27.4. The van der Waals surface area contributed by atoms with E-state index in [0.29, 0.717) is 12.8 Å². The zero-order chi connectivity index (χ0) is 17.3. The van der Waals surface area contributed by atoms with Crippen LogP contribution in [-0.4, -0.2) is 35.6 Å². The second-order valence-electron chi connectivity index (χ2n) is 6.87. The molecule has 130 valence electrons. The first-order valence-corrected chi connectivity index (χ1v) is 8.49. The van der Waals surface area contributed by atoms with E-state index in [1.54, 1.807) is 19.1 Å². The number of hydrogen-bond acceptors (Lipinski definition) is 3. The Morgan fingerprint density at radius 1 is 1.29 bits per heavy atom. The van der Waals surface area contributed by atoms with Crippen molar-refractivity contribution < 1.29 is 19.1 Å². The van der Waals surface area contributed by atoms with Crippen molar-refractivity contribution >= 4 is 17.5 Å². The predicted octanol–water partition coefficient (Wildman–Crippen LogP) is 1.91. The highest BCUT2D eigenvalue weighted by Crippen LogP contribution is 2.28. The highest BCUT2D eigenvalue weighted by molar-refractivity contribution is 6.00. The Bertz CT molecular complexity index is 641. The summed E-state index contributed by atoms with van der Waals surface area (Å²) in [6.07, 6.45) is 2.72. The molecule has 5 nitrogen and oxygen atoms in total. The van der Waals surface area contributed by atoms with Gasteiger partial charge < -0.3 is 15.3 Å². The lowest BCUT2D eigenvalue weighted by Crippen LogP contribution is -2.42. The molecule has 3 rings (SSSR count). The number of hydrogen-bond donors (Lipinski definition) is 2. The molecule has 1 aromatic rings. The lowest BCUT2D eigenvalue weighted by Gasteiger charge is -2.27. The molecule has 1 aliphatic heterocycles. The summed E-state index contributed by atoms with van der Waals surface area (Å²) in [7, 11) is 0. The van der Waals surface area contributed by atoms with Gasteiger partial charge in [-0.1, -0.05) is 6.07 Å². The third-order valence-corrected chi connectivity index (χ3v) is 4.93. The third-order valence-electron chi connectivity index (χ3n) is 4.93. The smallest absolute Gasteiger partial charge is 0.227 e. The SMILES string of the molecule is Cc1ccc(N2CC(C(=O)NC3CCC(O)CC3)CC2=O)c(F)c1. The largest absolute Gasteiger partial charge is 0.393 e. The molecular formula is C18H23FN2O3. The van der Waals surface area contributed by atoms with Crippen molar-refractivity contribution in [3.63, 3.8) is 0 Å². The van der Waals surface area contributed by atoms with Crippen molar-refractivity contribution in [2.75, 3.05) is 11.4 Å². The maximum absolute atomic E-state index is 14.1. The van der Waals surface area contributed by atoms with Gasteiger partial charge in [0.05, 0.1) is 17.7 Å². The van der Waals surface area contributed by atoms with Crippen LogP contribution >= 0.6 is 0 Å². The summed E-state index contributed by atoms with van der Waals surface area (Å²) in [6.45, 7) is 2.00. The zero-order valence-corrected chi connectivity index (χ0v) is 13.8. The molecule has 2 N–H and O–H groups in total. The Balaban J connectivity index is 1.62. The number of aliphatic hydroxyl groups is 1. The number of nitrogens with zero attached hydrogens (tertiary/aromatic N) is 1. The van der Waals surface area contributed by atoms with E-state index >= 15 is 0 Å². The second-order valence-corrected chi connectivity index (χ2v) is 6.87. The molecule has 1 heterocycles. The van der Waals surface area contributed by atoms with Crippen LogP contribution < -0.4 is 10.2 Å². The van der Waals surface area contributed by atoms with Crippen LogP contribution in [0.3, 0.4) is 0 Å². The van der Waals surface area contributed by atoms with E-state index in [2.05, 4.69) is 5.32 Å². The van der Waals surface area contributed by atoms with Gasteiger partial charge in [-0.25, -0.2) is 4.39 Å². The van der Waals surface area contributed by atoms with Crippen LogP contribution in [0.15, 0.2) is 18.2 Å². The fourth-order valence-corrected chi connectivity index (χ4v) is 3.49. The van der Waals surface area contributed by atoms with Gasteiger partial charge in [0.1, 0.15) is 5.82 Å². The van der Waals surface area contributed by atoms with Crippen LogP contribution in [0.25, 0.3) is 0 Å². The molecule has 0 bridgehead atoms. The Hall–Kier alpha value is -1.95. The van der Waals surface area contributed by atoms with Gasteiger partial charge in [0.25, 0.3) is 0 Å². The number of nitrogens with one attached hydrogen (secondary N) is 1. The number of anilines is 1. The monoisotopic (exact) mass is 334 g/mol. The number of aryl methyl sites for hydroxylation is 1. The van der Waals surface area contributed by atoms with Crippen LogP contribution in [-0.2, 0) is 9.59 Å². The molecule has 1 saturated carbocycles. The van der Waals surface area contributed by atoms with E-state index in [1.807, 2.05) is 0 Å². The fourth-order valence-electron chi connectivity index (χ4n) is 3.49. The summed E-state index contributed by atoms with van der Waals surface area (Å²) >= 11 is 0. The number of carbonyl (C=O) groups excluding carboxylic acids is 2. The molecule has 1 aliphatic carbocycles. The van der Waals surface area contributed by atoms with Crippen molar-refractivity contribution in [1.29, 1.82) is 0 Å². The number of rotatable bonds is 3. The molecule has 24 heavy (non-hydrogen) atoms. The van der Waals surface area contributed by atoms with E-state index in [1.165, 1.54) is 11.0 Å². The fraction of sp³-hybridized carbons (Fsp3) is 0.556. The van der Waals surface area contributed by atoms with E-state index in [-0.39, 0.29) is 42.6 Å². The highest BCUT2D eigenvalue weighted by Gasteiger charge is 2.37. The summed E-state index contributed by atoms with van der Waals surface area (Å²) in [5.41, 5.74) is 1.03. The van der Waals surface area contributed by atoms with Crippen LogP contribution in [0.5, 0.6) is 0 Å². The molecule has 1 aromatic carbocycles. The van der Waals surface area contributed by atoms with Crippen LogP contribution in [0.2, 0.25) is 0 Å². The minimum absolute atomic E-state index is 0.0566. The van der Waals surface area contributed by atoms with Gasteiger partial charge >= 0.3 is 0 Å². The molecule has 2 amide bonds. The summed E-state index contributed by atoms with van der Waals surface area (Å²) in [6, 6.07) is 4.79. The lowest BCUT2D eigenvalue weighted by atomic mass is 9.92. The molecule has 1 saturated heterocycles. The van der Waals surface area contributed by atoms with Gasteiger partial charge in [0, 0.05) is 19.0 Å². The van der Waals surface area contributed by atoms with E-state index in [9.17, 15) is 19.1 Å². The van der Waals surface area contributed by atoms with Crippen molar-refractivity contribution in [2.24, 2.45) is 5.92 Å². The van der Waals surface area contributed by atoms with Crippen molar-refractivity contribution in [3.8, 4) is 0 Å². The van der Waals surface area contributed by atoms with E-state index in [4.69, 9.17) is 0 Å². The maximum atomic E-state index is 14.1. The van der Waals surface area contributed by atoms with Gasteiger partial charge in [-0.3, -0.25) is 9.59 Å². The molecule has 0 spiro atoms. The van der Waals surface area contributed by atoms with Gasteiger partial charge in [-0.15, -0.1) is 0 Å². The minimum Gasteiger partial charge on any atom is -0.393 e. The standard InChI is InChI=1S/C18H23FN2O3/c1-11-2-7-16(15(19)8-11)21-10-12(9-17(21)23)18(24)20-13-3-5-14(22)6-4-13/h2,7-8,12-14,22H,3-6,9-10H2,1H3,(H,20,24). The lowest BCUT2D eigenvalue weighted by molar-refractivity contribution is -0.127. The number of amides is 2. The Morgan fingerprint density at radius 3 is 2.67 bits per heavy atom. The second kappa shape index (κ2) is 6.89. The number of halogens is 1. The average molecular weight is 334 g/mol. The maximum Gasteiger partial charge on any atom is 0.227 e. The van der Waals surface area contributed by atoms with Gasteiger partial charge in [0.15, 0.2) is 0 Å². The van der Waals surface area contributed by atoms with Gasteiger partial charge in [0.2, 0.25) is 11.8 Å². The van der Waals surface area contributed by atoms with E-state index in [0.717, 1.165) is 18.4 Å². The molecule has 1 atom stereocenters. The predicted molar refractivity (Wildman–Crippen MR) is 88.0 cm³/mol. The molecule has 2 aliphatic rings. The Morgan fingerprint density at radius 2 is 2.00 bits per heavy atom. The summed E-state index contributed by atoms with van der Waals surface area (Å²) < 4.78 is 14.1.